The molecule has 0 aromatic rings. The Morgan fingerprint density at radius 3 is 2.57 bits per heavy atom. The van der Waals surface area contributed by atoms with E-state index >= 15 is 0 Å². The van der Waals surface area contributed by atoms with Gasteiger partial charge in [0.15, 0.2) is 0 Å². The minimum Gasteiger partial charge on any atom is -0.211 e. The van der Waals surface area contributed by atoms with E-state index < -0.39 is 0 Å². The Bertz CT molecular complexity index is 131. The molecular weight excluding hydrogens is 90.1 g/mol. The van der Waals surface area contributed by atoms with Crippen molar-refractivity contribution in [3.63, 3.8) is 0 Å². The highest BCUT2D eigenvalue weighted by atomic mass is 16.1. The predicted octanol–water partition coefficient (Wildman–Crippen LogP) is 1.02. The summed E-state index contributed by atoms with van der Waals surface area (Å²) in [6, 6.07) is 0. The molecule has 2 heteroatoms. The van der Waals surface area contributed by atoms with Crippen molar-refractivity contribution in [1.29, 1.82) is 0 Å². The maximum atomic E-state index is 9.37. The fourth-order valence-electron chi connectivity index (χ4n) is 0.104. The van der Waals surface area contributed by atoms with Crippen LogP contribution in [0.5, 0.6) is 0 Å². The Kier molecular flexibility index (Phi) is 2.57. The Labute approximate surface area is 41.9 Å². The maximum Gasteiger partial charge on any atom is 0.240 e. The summed E-state index contributed by atoms with van der Waals surface area (Å²) in [5.74, 6) is 0. The molecule has 0 atom stereocenters. The SMILES string of the molecule is C=CC(=C)N=C=O. The zero-order chi connectivity index (χ0) is 5.70. The molecule has 0 bridgehead atoms. The third-order valence-electron chi connectivity index (χ3n) is 0.425. The van der Waals surface area contributed by atoms with Crippen LogP contribution in [0.4, 0.5) is 0 Å². The molecule has 0 spiro atoms. The van der Waals surface area contributed by atoms with Gasteiger partial charge in [-0.1, -0.05) is 13.2 Å². The quantitative estimate of drug-likeness (QED) is 0.286. The molecule has 36 valence electrons. The zero-order valence-electron chi connectivity index (χ0n) is 3.85. The van der Waals surface area contributed by atoms with Gasteiger partial charge in [0.1, 0.15) is 0 Å². The highest BCUT2D eigenvalue weighted by molar-refractivity contribution is 5.38. The fraction of sp³-hybridized carbons (Fsp3) is 0. The lowest BCUT2D eigenvalue weighted by Crippen LogP contribution is -1.60. The van der Waals surface area contributed by atoms with E-state index in [9.17, 15) is 4.79 Å². The summed E-state index contributed by atoms with van der Waals surface area (Å²) in [7, 11) is 0. The summed E-state index contributed by atoms with van der Waals surface area (Å²) < 4.78 is 0. The maximum absolute atomic E-state index is 9.37. The first-order valence-corrected chi connectivity index (χ1v) is 1.70. The fourth-order valence-corrected chi connectivity index (χ4v) is 0.104. The normalized spacial score (nSPS) is 6.29. The van der Waals surface area contributed by atoms with Gasteiger partial charge in [0.25, 0.3) is 0 Å². The third-order valence-corrected chi connectivity index (χ3v) is 0.425. The first-order valence-electron chi connectivity index (χ1n) is 1.70. The minimum absolute atomic E-state index is 0.343. The van der Waals surface area contributed by atoms with E-state index in [1.807, 2.05) is 0 Å². The molecule has 0 unspecified atom stereocenters. The van der Waals surface area contributed by atoms with E-state index in [4.69, 9.17) is 0 Å². The summed E-state index contributed by atoms with van der Waals surface area (Å²) in [6.07, 6.45) is 2.70. The lowest BCUT2D eigenvalue weighted by atomic mass is 10.5. The van der Waals surface area contributed by atoms with Crippen LogP contribution in [0.2, 0.25) is 0 Å². The third kappa shape index (κ3) is 2.67. The van der Waals surface area contributed by atoms with E-state index in [1.165, 1.54) is 12.2 Å². The highest BCUT2D eigenvalue weighted by Crippen LogP contribution is 1.86. The molecule has 0 fully saturated rings. The number of carbonyl (C=O) groups excluding carboxylic acids is 1. The zero-order valence-corrected chi connectivity index (χ0v) is 3.85. The molecule has 0 aliphatic carbocycles. The molecule has 0 rings (SSSR count). The summed E-state index contributed by atoms with van der Waals surface area (Å²) in [4.78, 5) is 12.5. The highest BCUT2D eigenvalue weighted by Gasteiger charge is 1.71. The van der Waals surface area contributed by atoms with Gasteiger partial charge in [0, 0.05) is 0 Å². The first-order chi connectivity index (χ1) is 3.31. The van der Waals surface area contributed by atoms with Crippen LogP contribution in [0, 0.1) is 0 Å². The molecule has 0 heterocycles. The molecule has 0 aromatic carbocycles. The van der Waals surface area contributed by atoms with Crippen molar-refractivity contribution in [2.45, 2.75) is 0 Å². The largest absolute Gasteiger partial charge is 0.240 e. The van der Waals surface area contributed by atoms with Crippen LogP contribution in [-0.2, 0) is 4.79 Å². The van der Waals surface area contributed by atoms with Gasteiger partial charge in [-0.25, -0.2) is 4.79 Å². The van der Waals surface area contributed by atoms with Crippen LogP contribution in [0.1, 0.15) is 0 Å². The van der Waals surface area contributed by atoms with Crippen LogP contribution < -0.4 is 0 Å². The Balaban J connectivity index is 3.82. The molecule has 2 nitrogen and oxygen atoms in total. The summed E-state index contributed by atoms with van der Waals surface area (Å²) in [6.45, 7) is 6.62. The van der Waals surface area contributed by atoms with Crippen molar-refractivity contribution in [2.24, 2.45) is 4.99 Å². The van der Waals surface area contributed by atoms with Gasteiger partial charge in [-0.2, -0.15) is 4.99 Å². The topological polar surface area (TPSA) is 29.4 Å². The van der Waals surface area contributed by atoms with Gasteiger partial charge < -0.3 is 0 Å². The summed E-state index contributed by atoms with van der Waals surface area (Å²) in [5.41, 5.74) is 0.343. The van der Waals surface area contributed by atoms with Gasteiger partial charge in [-0.05, 0) is 6.08 Å². The first kappa shape index (κ1) is 5.86. The Morgan fingerprint density at radius 2 is 2.43 bits per heavy atom. The lowest BCUT2D eigenvalue weighted by Gasteiger charge is -1.74. The smallest absolute Gasteiger partial charge is 0.211 e. The number of isocyanates is 1. The molecule has 0 amide bonds. The standard InChI is InChI=1S/C5H5NO/c1-3-5(2)6-4-7/h3H,1-2H2. The van der Waals surface area contributed by atoms with Crippen molar-refractivity contribution in [1.82, 2.24) is 0 Å². The van der Waals surface area contributed by atoms with Crippen molar-refractivity contribution in [3.05, 3.63) is 24.9 Å². The molecule has 0 saturated heterocycles. The van der Waals surface area contributed by atoms with Gasteiger partial charge in [0.2, 0.25) is 6.08 Å². The molecular formula is C5H5NO. The van der Waals surface area contributed by atoms with Crippen LogP contribution in [0.3, 0.4) is 0 Å². The lowest BCUT2D eigenvalue weighted by molar-refractivity contribution is 0.565. The molecule has 0 radical (unpaired) electrons. The number of nitrogens with zero attached hydrogens (tertiary/aromatic N) is 1. The van der Waals surface area contributed by atoms with Gasteiger partial charge in [-0.3, -0.25) is 0 Å². The molecule has 0 aliphatic heterocycles. The second-order valence-electron chi connectivity index (χ2n) is 0.899. The molecule has 0 N–H and O–H groups in total. The van der Waals surface area contributed by atoms with Crippen molar-refractivity contribution < 1.29 is 4.79 Å². The van der Waals surface area contributed by atoms with Gasteiger partial charge in [-0.15, -0.1) is 0 Å². The van der Waals surface area contributed by atoms with Crippen molar-refractivity contribution in [3.8, 4) is 0 Å². The van der Waals surface area contributed by atoms with Crippen molar-refractivity contribution >= 4 is 6.08 Å². The summed E-state index contributed by atoms with van der Waals surface area (Å²) in [5, 5.41) is 0. The van der Waals surface area contributed by atoms with Gasteiger partial charge in [0.05, 0.1) is 5.70 Å². The number of rotatable bonds is 2. The Morgan fingerprint density at radius 1 is 1.86 bits per heavy atom. The molecule has 0 saturated carbocycles. The Hall–Kier alpha value is -1.14. The molecule has 7 heavy (non-hydrogen) atoms. The van der Waals surface area contributed by atoms with Gasteiger partial charge >= 0.3 is 0 Å². The monoisotopic (exact) mass is 95.0 g/mol. The minimum atomic E-state index is 0.343. The number of aliphatic imine (C=N–C) groups is 1. The second-order valence-corrected chi connectivity index (χ2v) is 0.899. The molecule has 0 aromatic heterocycles. The van der Waals surface area contributed by atoms with Crippen LogP contribution in [0.25, 0.3) is 0 Å². The number of allylic oxidation sites excluding steroid dienone is 1. The summed E-state index contributed by atoms with van der Waals surface area (Å²) >= 11 is 0. The van der Waals surface area contributed by atoms with Crippen molar-refractivity contribution in [2.75, 3.05) is 0 Å². The van der Waals surface area contributed by atoms with E-state index in [-0.39, 0.29) is 0 Å². The second kappa shape index (κ2) is 3.07. The number of hydrogen-bond acceptors (Lipinski definition) is 2. The predicted molar refractivity (Wildman–Crippen MR) is 27.5 cm³/mol. The van der Waals surface area contributed by atoms with Crippen LogP contribution in [-0.4, -0.2) is 6.08 Å². The average Bonchev–Trinajstić information content (AvgIpc) is 1.68. The number of hydrogen-bond donors (Lipinski definition) is 0. The van der Waals surface area contributed by atoms with E-state index in [0.717, 1.165) is 0 Å². The molecule has 0 aliphatic rings. The van der Waals surface area contributed by atoms with Crippen LogP contribution in [0.15, 0.2) is 29.9 Å². The average molecular weight is 95.1 g/mol. The van der Waals surface area contributed by atoms with E-state index in [1.54, 1.807) is 0 Å². The van der Waals surface area contributed by atoms with E-state index in [0.29, 0.717) is 5.70 Å². The van der Waals surface area contributed by atoms with Crippen LogP contribution >= 0.6 is 0 Å². The van der Waals surface area contributed by atoms with E-state index in [2.05, 4.69) is 18.2 Å².